The predicted molar refractivity (Wildman–Crippen MR) is 86.3 cm³/mol. The van der Waals surface area contributed by atoms with E-state index in [1.165, 1.54) is 0 Å². The van der Waals surface area contributed by atoms with Gasteiger partial charge in [0.05, 0.1) is 7.11 Å². The van der Waals surface area contributed by atoms with Crippen LogP contribution >= 0.6 is 0 Å². The summed E-state index contributed by atoms with van der Waals surface area (Å²) in [5.74, 6) is 0.551. The Balaban J connectivity index is 1.95. The maximum Gasteiger partial charge on any atom is 0.410 e. The molecule has 1 saturated heterocycles. The van der Waals surface area contributed by atoms with Gasteiger partial charge in [-0.05, 0) is 27.7 Å². The first-order chi connectivity index (χ1) is 10.8. The minimum atomic E-state index is -0.471. The fraction of sp³-hybridized carbons (Fsp3) is 0.688. The normalized spacial score (nSPS) is 19.5. The number of piperazine rings is 1. The third-order valence-electron chi connectivity index (χ3n) is 3.64. The molecule has 7 heteroatoms. The van der Waals surface area contributed by atoms with Crippen LogP contribution in [-0.2, 0) is 11.3 Å². The predicted octanol–water partition coefficient (Wildman–Crippen LogP) is 1.93. The van der Waals surface area contributed by atoms with Crippen LogP contribution in [0.3, 0.4) is 0 Å². The standard InChI is InChI=1S/C16H26N4O3/c1-12-10-19(11-13-14(22-5)18-7-6-17-13)8-9-20(12)15(21)23-16(2,3)4/h6-7,12H,8-11H2,1-5H3/t12-/m1/s1. The largest absolute Gasteiger partial charge is 0.480 e. The van der Waals surface area contributed by atoms with Gasteiger partial charge >= 0.3 is 6.09 Å². The Labute approximate surface area is 137 Å². The van der Waals surface area contributed by atoms with Crippen LogP contribution in [0.4, 0.5) is 4.79 Å². The Morgan fingerprint density at radius 2 is 2.00 bits per heavy atom. The second-order valence-electron chi connectivity index (χ2n) is 6.77. The first kappa shape index (κ1) is 17.5. The zero-order chi connectivity index (χ0) is 17.0. The minimum Gasteiger partial charge on any atom is -0.480 e. The van der Waals surface area contributed by atoms with Crippen LogP contribution < -0.4 is 4.74 Å². The average molecular weight is 322 g/mol. The monoisotopic (exact) mass is 322 g/mol. The summed E-state index contributed by atoms with van der Waals surface area (Å²) < 4.78 is 10.7. The molecule has 1 aliphatic heterocycles. The zero-order valence-electron chi connectivity index (χ0n) is 14.6. The Kier molecular flexibility index (Phi) is 5.41. The number of carbonyl (C=O) groups is 1. The summed E-state index contributed by atoms with van der Waals surface area (Å²) in [4.78, 5) is 24.8. The van der Waals surface area contributed by atoms with E-state index in [0.717, 1.165) is 18.8 Å². The summed E-state index contributed by atoms with van der Waals surface area (Å²) in [5.41, 5.74) is 0.342. The van der Waals surface area contributed by atoms with E-state index in [9.17, 15) is 4.79 Å². The Bertz CT molecular complexity index is 544. The molecule has 1 amide bonds. The number of ether oxygens (including phenoxy) is 2. The second-order valence-corrected chi connectivity index (χ2v) is 6.77. The van der Waals surface area contributed by atoms with Gasteiger partial charge < -0.3 is 14.4 Å². The molecular formula is C16H26N4O3. The van der Waals surface area contributed by atoms with E-state index in [-0.39, 0.29) is 12.1 Å². The van der Waals surface area contributed by atoms with Gasteiger partial charge in [0.15, 0.2) is 0 Å². The lowest BCUT2D eigenvalue weighted by molar-refractivity contribution is 0.000327. The number of hydrogen-bond donors (Lipinski definition) is 0. The first-order valence-corrected chi connectivity index (χ1v) is 7.86. The second kappa shape index (κ2) is 7.12. The van der Waals surface area contributed by atoms with E-state index in [1.807, 2.05) is 27.7 Å². The van der Waals surface area contributed by atoms with Crippen LogP contribution in [-0.4, -0.2) is 64.2 Å². The summed E-state index contributed by atoms with van der Waals surface area (Å²) in [6, 6.07) is 0.0845. The number of hydrogen-bond acceptors (Lipinski definition) is 6. The number of methoxy groups -OCH3 is 1. The highest BCUT2D eigenvalue weighted by molar-refractivity contribution is 5.68. The molecule has 0 aliphatic carbocycles. The van der Waals surface area contributed by atoms with Crippen molar-refractivity contribution in [2.24, 2.45) is 0 Å². The minimum absolute atomic E-state index is 0.0845. The van der Waals surface area contributed by atoms with Crippen LogP contribution in [0.1, 0.15) is 33.4 Å². The van der Waals surface area contributed by atoms with Gasteiger partial charge in [-0.25, -0.2) is 9.78 Å². The summed E-state index contributed by atoms with van der Waals surface area (Å²) in [6.07, 6.45) is 3.03. The van der Waals surface area contributed by atoms with E-state index < -0.39 is 5.60 Å². The average Bonchev–Trinajstić information content (AvgIpc) is 2.46. The van der Waals surface area contributed by atoms with Crippen molar-refractivity contribution in [2.45, 2.75) is 45.9 Å². The van der Waals surface area contributed by atoms with Gasteiger partial charge in [0, 0.05) is 44.6 Å². The van der Waals surface area contributed by atoms with Crippen molar-refractivity contribution in [2.75, 3.05) is 26.7 Å². The topological polar surface area (TPSA) is 67.8 Å². The molecule has 0 aromatic carbocycles. The molecule has 1 aromatic rings. The molecule has 0 N–H and O–H groups in total. The third-order valence-corrected chi connectivity index (χ3v) is 3.64. The van der Waals surface area contributed by atoms with Crippen molar-refractivity contribution in [3.8, 4) is 5.88 Å². The van der Waals surface area contributed by atoms with Crippen molar-refractivity contribution in [3.63, 3.8) is 0 Å². The SMILES string of the molecule is COc1nccnc1CN1CCN(C(=O)OC(C)(C)C)[C@H](C)C1. The highest BCUT2D eigenvalue weighted by atomic mass is 16.6. The van der Waals surface area contributed by atoms with E-state index in [0.29, 0.717) is 19.0 Å². The number of amides is 1. The van der Waals surface area contributed by atoms with Gasteiger partial charge in [0.1, 0.15) is 11.3 Å². The fourth-order valence-electron chi connectivity index (χ4n) is 2.61. The molecule has 23 heavy (non-hydrogen) atoms. The Morgan fingerprint density at radius 3 is 2.61 bits per heavy atom. The fourth-order valence-corrected chi connectivity index (χ4v) is 2.61. The molecule has 2 heterocycles. The van der Waals surface area contributed by atoms with Crippen LogP contribution in [0.25, 0.3) is 0 Å². The molecule has 0 saturated carbocycles. The van der Waals surface area contributed by atoms with Crippen molar-refractivity contribution in [3.05, 3.63) is 18.1 Å². The summed E-state index contributed by atoms with van der Waals surface area (Å²) in [6.45, 7) is 10.5. The lowest BCUT2D eigenvalue weighted by atomic mass is 10.2. The maximum atomic E-state index is 12.2. The highest BCUT2D eigenvalue weighted by Gasteiger charge is 2.31. The van der Waals surface area contributed by atoms with Crippen molar-refractivity contribution >= 4 is 6.09 Å². The lowest BCUT2D eigenvalue weighted by Gasteiger charge is -2.40. The molecular weight excluding hydrogens is 296 g/mol. The van der Waals surface area contributed by atoms with Crippen LogP contribution in [0.5, 0.6) is 5.88 Å². The lowest BCUT2D eigenvalue weighted by Crippen LogP contribution is -2.54. The van der Waals surface area contributed by atoms with Gasteiger partial charge in [0.2, 0.25) is 5.88 Å². The van der Waals surface area contributed by atoms with E-state index >= 15 is 0 Å². The van der Waals surface area contributed by atoms with Gasteiger partial charge in [0.25, 0.3) is 0 Å². The quantitative estimate of drug-likeness (QED) is 0.847. The summed E-state index contributed by atoms with van der Waals surface area (Å²) in [7, 11) is 1.59. The molecule has 1 aliphatic rings. The molecule has 0 unspecified atom stereocenters. The van der Waals surface area contributed by atoms with E-state index in [4.69, 9.17) is 9.47 Å². The number of aromatic nitrogens is 2. The molecule has 1 aromatic heterocycles. The van der Waals surface area contributed by atoms with Crippen LogP contribution in [0.2, 0.25) is 0 Å². The van der Waals surface area contributed by atoms with Gasteiger partial charge in [-0.2, -0.15) is 0 Å². The number of rotatable bonds is 3. The highest BCUT2D eigenvalue weighted by Crippen LogP contribution is 2.19. The van der Waals surface area contributed by atoms with Gasteiger partial charge in [-0.15, -0.1) is 0 Å². The molecule has 2 rings (SSSR count). The molecule has 0 spiro atoms. The summed E-state index contributed by atoms with van der Waals surface area (Å²) >= 11 is 0. The molecule has 1 fully saturated rings. The number of carbonyl (C=O) groups excluding carboxylic acids is 1. The molecule has 1 atom stereocenters. The Hall–Kier alpha value is -1.89. The zero-order valence-corrected chi connectivity index (χ0v) is 14.6. The summed E-state index contributed by atoms with van der Waals surface area (Å²) in [5, 5.41) is 0. The van der Waals surface area contributed by atoms with Crippen LogP contribution in [0.15, 0.2) is 12.4 Å². The molecule has 0 bridgehead atoms. The van der Waals surface area contributed by atoms with E-state index in [2.05, 4.69) is 14.9 Å². The van der Waals surface area contributed by atoms with Crippen molar-refractivity contribution in [1.82, 2.24) is 19.8 Å². The maximum absolute atomic E-state index is 12.2. The first-order valence-electron chi connectivity index (χ1n) is 7.86. The van der Waals surface area contributed by atoms with Crippen molar-refractivity contribution < 1.29 is 14.3 Å². The smallest absolute Gasteiger partial charge is 0.410 e. The molecule has 0 radical (unpaired) electrons. The van der Waals surface area contributed by atoms with Gasteiger partial charge in [-0.1, -0.05) is 0 Å². The Morgan fingerprint density at radius 1 is 1.30 bits per heavy atom. The third kappa shape index (κ3) is 4.79. The molecule has 128 valence electrons. The van der Waals surface area contributed by atoms with Gasteiger partial charge in [-0.3, -0.25) is 9.88 Å². The van der Waals surface area contributed by atoms with Crippen LogP contribution in [0, 0.1) is 0 Å². The van der Waals surface area contributed by atoms with Crippen molar-refractivity contribution in [1.29, 1.82) is 0 Å². The molecule has 7 nitrogen and oxygen atoms in total. The number of nitrogens with zero attached hydrogens (tertiary/aromatic N) is 4. The van der Waals surface area contributed by atoms with E-state index in [1.54, 1.807) is 24.4 Å².